The van der Waals surface area contributed by atoms with Gasteiger partial charge in [-0.05, 0) is 18.2 Å². The molecule has 1 aromatic carbocycles. The smallest absolute Gasteiger partial charge is 0.0712 e. The fraction of sp³-hybridized carbons (Fsp3) is 0.250. The van der Waals surface area contributed by atoms with E-state index in [4.69, 9.17) is 0 Å². The van der Waals surface area contributed by atoms with Gasteiger partial charge in [-0.25, -0.2) is 0 Å². The summed E-state index contributed by atoms with van der Waals surface area (Å²) in [5.41, 5.74) is 1.00. The Morgan fingerprint density at radius 3 is 2.57 bits per heavy atom. The Morgan fingerprint density at radius 1 is 1.14 bits per heavy atom. The summed E-state index contributed by atoms with van der Waals surface area (Å²) < 4.78 is 0. The second-order valence-electron chi connectivity index (χ2n) is 2.38. The van der Waals surface area contributed by atoms with Gasteiger partial charge in [0.25, 0.3) is 0 Å². The van der Waals surface area contributed by atoms with Crippen molar-refractivity contribution in [1.82, 2.24) is 4.98 Å². The highest BCUT2D eigenvalue weighted by Crippen LogP contribution is 2.14. The first-order chi connectivity index (χ1) is 6.36. The van der Waals surface area contributed by atoms with Gasteiger partial charge in [-0.1, -0.05) is 33.4 Å². The van der Waals surface area contributed by atoms with Crippen LogP contribution in [0.15, 0.2) is 41.4 Å². The molecule has 1 heterocycles. The molecule has 0 amide bonds. The van der Waals surface area contributed by atoms with Crippen LogP contribution in [0.5, 0.6) is 0 Å². The molecular formula is C12H17NS. The zero-order valence-corrected chi connectivity index (χ0v) is 8.75. The molecule has 76 valence electrons. The predicted octanol–water partition coefficient (Wildman–Crippen LogP) is 4.19. The molecule has 0 aliphatic rings. The minimum absolute atomic E-state index is 0. The minimum Gasteiger partial charge on any atom is -0.256 e. The van der Waals surface area contributed by atoms with E-state index in [1.807, 2.05) is 44.2 Å². The number of nitrogens with zero attached hydrogens (tertiary/aromatic N) is 1. The van der Waals surface area contributed by atoms with Crippen LogP contribution in [0.2, 0.25) is 0 Å². The summed E-state index contributed by atoms with van der Waals surface area (Å²) in [7, 11) is 0. The molecular weight excluding hydrogens is 190 g/mol. The van der Waals surface area contributed by atoms with E-state index < -0.39 is 0 Å². The molecule has 0 aliphatic heterocycles. The van der Waals surface area contributed by atoms with Crippen LogP contribution in [0.4, 0.5) is 0 Å². The van der Waals surface area contributed by atoms with Gasteiger partial charge in [-0.3, -0.25) is 4.98 Å². The van der Waals surface area contributed by atoms with Crippen LogP contribution in [0.1, 0.15) is 21.3 Å². The fourth-order valence-electron chi connectivity index (χ4n) is 1.05. The lowest BCUT2D eigenvalue weighted by molar-refractivity contribution is 1.38. The van der Waals surface area contributed by atoms with Crippen molar-refractivity contribution < 1.29 is 0 Å². The number of rotatable bonds is 0. The Morgan fingerprint density at radius 2 is 1.86 bits per heavy atom. The lowest BCUT2D eigenvalue weighted by atomic mass is 10.2. The molecule has 0 N–H and O–H groups in total. The topological polar surface area (TPSA) is 12.9 Å². The number of hydrogen-bond acceptors (Lipinski definition) is 2. The molecule has 14 heavy (non-hydrogen) atoms. The van der Waals surface area contributed by atoms with Gasteiger partial charge in [0, 0.05) is 16.5 Å². The minimum atomic E-state index is 0. The first-order valence-corrected chi connectivity index (χ1v) is 4.85. The van der Waals surface area contributed by atoms with Crippen molar-refractivity contribution in [3.05, 3.63) is 36.5 Å². The van der Waals surface area contributed by atoms with E-state index in [2.05, 4.69) is 17.6 Å². The van der Waals surface area contributed by atoms with Gasteiger partial charge in [0.2, 0.25) is 0 Å². The number of aromatic nitrogens is 1. The van der Waals surface area contributed by atoms with Gasteiger partial charge < -0.3 is 0 Å². The highest BCUT2D eigenvalue weighted by Gasteiger charge is 1.91. The van der Waals surface area contributed by atoms with Crippen LogP contribution in [-0.4, -0.2) is 4.98 Å². The molecule has 0 atom stereocenters. The van der Waals surface area contributed by atoms with Crippen molar-refractivity contribution in [2.45, 2.75) is 26.2 Å². The molecule has 0 unspecified atom stereocenters. The molecule has 1 nitrogen and oxygen atoms in total. The van der Waals surface area contributed by atoms with E-state index >= 15 is 0 Å². The van der Waals surface area contributed by atoms with Crippen LogP contribution in [0.25, 0.3) is 10.9 Å². The molecule has 0 spiro atoms. The number of thiol groups is 1. The molecule has 2 heteroatoms. The summed E-state index contributed by atoms with van der Waals surface area (Å²) in [4.78, 5) is 5.15. The Bertz CT molecular complexity index is 385. The van der Waals surface area contributed by atoms with Gasteiger partial charge >= 0.3 is 0 Å². The van der Waals surface area contributed by atoms with E-state index in [1.54, 1.807) is 6.20 Å². The maximum Gasteiger partial charge on any atom is 0.0712 e. The van der Waals surface area contributed by atoms with Crippen molar-refractivity contribution in [2.75, 3.05) is 0 Å². The monoisotopic (exact) mass is 207 g/mol. The summed E-state index contributed by atoms with van der Waals surface area (Å²) in [6.07, 6.45) is 1.79. The zero-order chi connectivity index (χ0) is 9.68. The maximum atomic E-state index is 4.22. The van der Waals surface area contributed by atoms with Crippen molar-refractivity contribution in [3.8, 4) is 0 Å². The van der Waals surface area contributed by atoms with Crippen LogP contribution in [-0.2, 0) is 0 Å². The second kappa shape index (κ2) is 6.44. The molecule has 2 aromatic rings. The van der Waals surface area contributed by atoms with Gasteiger partial charge in [-0.2, -0.15) is 0 Å². The Labute approximate surface area is 91.6 Å². The van der Waals surface area contributed by atoms with E-state index in [1.165, 1.54) is 0 Å². The molecule has 0 saturated heterocycles. The molecule has 0 radical (unpaired) electrons. The number of pyridine rings is 1. The van der Waals surface area contributed by atoms with Crippen LogP contribution < -0.4 is 0 Å². The maximum absolute atomic E-state index is 4.22. The van der Waals surface area contributed by atoms with Crippen molar-refractivity contribution in [3.63, 3.8) is 0 Å². The van der Waals surface area contributed by atoms with Crippen molar-refractivity contribution >= 4 is 23.5 Å². The van der Waals surface area contributed by atoms with Crippen LogP contribution >= 0.6 is 12.6 Å². The first kappa shape index (κ1) is 13.0. The van der Waals surface area contributed by atoms with E-state index in [0.717, 1.165) is 15.8 Å². The van der Waals surface area contributed by atoms with E-state index in [0.29, 0.717) is 0 Å². The SMILES string of the molecule is C.CC.Sc1ccc2cccnc2c1. The third-order valence-corrected chi connectivity index (χ3v) is 1.87. The molecule has 0 fully saturated rings. The third-order valence-electron chi connectivity index (χ3n) is 1.59. The van der Waals surface area contributed by atoms with Crippen LogP contribution in [0, 0.1) is 0 Å². The summed E-state index contributed by atoms with van der Waals surface area (Å²) in [5.74, 6) is 0. The average molecular weight is 207 g/mol. The Hall–Kier alpha value is -1.02. The average Bonchev–Trinajstić information content (AvgIpc) is 2.21. The number of hydrogen-bond donors (Lipinski definition) is 1. The summed E-state index contributed by atoms with van der Waals surface area (Å²) in [5, 5.41) is 1.16. The van der Waals surface area contributed by atoms with Gasteiger partial charge in [0.1, 0.15) is 0 Å². The molecule has 0 saturated carbocycles. The number of fused-ring (bicyclic) bond motifs is 1. The Balaban J connectivity index is 0.000000531. The molecule has 1 aromatic heterocycles. The highest BCUT2D eigenvalue weighted by molar-refractivity contribution is 7.80. The summed E-state index contributed by atoms with van der Waals surface area (Å²) >= 11 is 4.22. The standard InChI is InChI=1S/C9H7NS.C2H6.CH4/c11-8-4-3-7-2-1-5-10-9(7)6-8;1-2;/h1-6,11H;1-2H3;1H4. The second-order valence-corrected chi connectivity index (χ2v) is 2.90. The lowest BCUT2D eigenvalue weighted by Crippen LogP contribution is -1.75. The zero-order valence-electron chi connectivity index (χ0n) is 7.86. The Kier molecular flexibility index (Phi) is 5.97. The molecule has 0 bridgehead atoms. The fourth-order valence-corrected chi connectivity index (χ4v) is 1.25. The predicted molar refractivity (Wildman–Crippen MR) is 67.1 cm³/mol. The summed E-state index contributed by atoms with van der Waals surface area (Å²) in [6, 6.07) is 9.91. The quantitative estimate of drug-likeness (QED) is 0.639. The molecule has 0 aliphatic carbocycles. The van der Waals surface area contributed by atoms with E-state index in [-0.39, 0.29) is 7.43 Å². The third kappa shape index (κ3) is 3.04. The van der Waals surface area contributed by atoms with Gasteiger partial charge in [0.15, 0.2) is 0 Å². The van der Waals surface area contributed by atoms with Gasteiger partial charge in [-0.15, -0.1) is 12.6 Å². The van der Waals surface area contributed by atoms with E-state index in [9.17, 15) is 0 Å². The normalized spacial score (nSPS) is 8.50. The number of benzene rings is 1. The highest BCUT2D eigenvalue weighted by atomic mass is 32.1. The lowest BCUT2D eigenvalue weighted by Gasteiger charge is -1.95. The largest absolute Gasteiger partial charge is 0.256 e. The van der Waals surface area contributed by atoms with Crippen LogP contribution in [0.3, 0.4) is 0 Å². The van der Waals surface area contributed by atoms with Gasteiger partial charge in [0.05, 0.1) is 5.52 Å². The molecule has 2 rings (SSSR count). The first-order valence-electron chi connectivity index (χ1n) is 4.40. The van der Waals surface area contributed by atoms with Crippen molar-refractivity contribution in [1.29, 1.82) is 0 Å². The van der Waals surface area contributed by atoms with Crippen molar-refractivity contribution in [2.24, 2.45) is 0 Å². The summed E-state index contributed by atoms with van der Waals surface area (Å²) in [6.45, 7) is 4.00.